The van der Waals surface area contributed by atoms with Gasteiger partial charge in [0.2, 0.25) is 0 Å². The van der Waals surface area contributed by atoms with Crippen molar-refractivity contribution in [2.24, 2.45) is 10.8 Å². The zero-order chi connectivity index (χ0) is 45.6. The van der Waals surface area contributed by atoms with Gasteiger partial charge in [-0.3, -0.25) is 0 Å². The molecule has 2 radical (unpaired) electrons. The molecule has 0 heterocycles. The summed E-state index contributed by atoms with van der Waals surface area (Å²) in [5, 5.41) is 5.55. The number of hydrogen-bond acceptors (Lipinski definition) is 0. The third kappa shape index (κ3) is 16.7. The molecule has 336 valence electrons. The summed E-state index contributed by atoms with van der Waals surface area (Å²) < 4.78 is 33.7. The molecule has 0 aromatic heterocycles. The minimum absolute atomic E-state index is 0.281. The standard InChI is InChI=1S/2C26H31.C4H7F3Si.2ClH.Zr/c2*1-26(2,3)18-19-16-23-10-7-11-24(25(23)17-19)22-14-12-21(13-15-22)20-8-5-4-6-9-20;1-8-3-2-4(5,6)7;;;/h2*7,10-17,20H,4-6,8-9,18H2,1-3H3;2-3H2,1H3;2*1H;/q2*-1;;;;+4/p-2. The first-order valence-corrected chi connectivity index (χ1v) is 31.3. The van der Waals surface area contributed by atoms with Crippen molar-refractivity contribution in [3.63, 3.8) is 0 Å². The number of hydrogen-bond donors (Lipinski definition) is 0. The van der Waals surface area contributed by atoms with Gasteiger partial charge in [-0.2, -0.15) is 25.3 Å². The van der Waals surface area contributed by atoms with Gasteiger partial charge >= 0.3 is 44.1 Å². The normalized spacial score (nSPS) is 15.1. The Balaban J connectivity index is 0.000000193. The average molecular weight is 989 g/mol. The van der Waals surface area contributed by atoms with Crippen molar-refractivity contribution in [2.45, 2.75) is 156 Å². The van der Waals surface area contributed by atoms with E-state index in [2.05, 4.69) is 151 Å². The Morgan fingerprint density at radius 1 is 0.571 bits per heavy atom. The van der Waals surface area contributed by atoms with Gasteiger partial charge in [0.25, 0.3) is 0 Å². The first-order chi connectivity index (χ1) is 30.0. The maximum atomic E-state index is 11.2. The second kappa shape index (κ2) is 24.4. The van der Waals surface area contributed by atoms with Gasteiger partial charge in [0.05, 0.1) is 0 Å². The predicted octanol–water partition coefficient (Wildman–Crippen LogP) is 19.2. The second-order valence-corrected chi connectivity index (χ2v) is 25.2. The Bertz CT molecular complexity index is 2090. The Morgan fingerprint density at radius 3 is 1.24 bits per heavy atom. The fraction of sp³-hybridized carbons (Fsp3) is 0.464. The molecule has 0 spiro atoms. The molecule has 0 nitrogen and oxygen atoms in total. The van der Waals surface area contributed by atoms with E-state index in [9.17, 15) is 13.2 Å². The zero-order valence-electron chi connectivity index (χ0n) is 38.8. The molecule has 0 bridgehead atoms. The summed E-state index contributed by atoms with van der Waals surface area (Å²) in [6.45, 7) is 15.7. The molecule has 0 N–H and O–H groups in total. The van der Waals surface area contributed by atoms with E-state index < -0.39 is 33.4 Å². The molecule has 0 amide bonds. The monoisotopic (exact) mass is 986 g/mol. The van der Waals surface area contributed by atoms with Gasteiger partial charge in [-0.15, -0.1) is 69.1 Å². The van der Waals surface area contributed by atoms with Crippen LogP contribution in [0, 0.1) is 10.8 Å². The molecule has 2 aliphatic carbocycles. The fourth-order valence-electron chi connectivity index (χ4n) is 9.53. The van der Waals surface area contributed by atoms with Crippen LogP contribution in [0.15, 0.2) is 109 Å². The first-order valence-electron chi connectivity index (χ1n) is 23.2. The number of alkyl halides is 3. The van der Waals surface area contributed by atoms with Crippen LogP contribution in [-0.4, -0.2) is 15.7 Å². The molecule has 2 fully saturated rings. The third-order valence-corrected chi connectivity index (χ3v) is 13.1. The van der Waals surface area contributed by atoms with E-state index in [0.717, 1.165) is 24.7 Å². The predicted molar refractivity (Wildman–Crippen MR) is 267 cm³/mol. The van der Waals surface area contributed by atoms with E-state index >= 15 is 0 Å². The van der Waals surface area contributed by atoms with Gasteiger partial charge in [0.1, 0.15) is 0 Å². The minimum atomic E-state index is -3.94. The Hall–Kier alpha value is -2.43. The Kier molecular flexibility index (Phi) is 19.9. The summed E-state index contributed by atoms with van der Waals surface area (Å²) in [4.78, 5) is 0. The van der Waals surface area contributed by atoms with Crippen molar-refractivity contribution >= 4 is 48.1 Å². The summed E-state index contributed by atoms with van der Waals surface area (Å²) in [6.07, 6.45) is 11.6. The van der Waals surface area contributed by atoms with Gasteiger partial charge in [0, 0.05) is 15.9 Å². The summed E-state index contributed by atoms with van der Waals surface area (Å²) in [5.74, 6) is 1.57. The van der Waals surface area contributed by atoms with E-state index in [1.54, 1.807) is 6.55 Å². The van der Waals surface area contributed by atoms with Crippen LogP contribution >= 0.6 is 17.0 Å². The van der Waals surface area contributed by atoms with E-state index in [4.69, 9.17) is 17.0 Å². The Labute approximate surface area is 399 Å². The molecule has 0 unspecified atom stereocenters. The van der Waals surface area contributed by atoms with E-state index in [1.165, 1.54) is 130 Å². The summed E-state index contributed by atoms with van der Waals surface area (Å²) >= 11 is -0.826. The van der Waals surface area contributed by atoms with E-state index in [-0.39, 0.29) is 6.04 Å². The number of rotatable bonds is 8. The van der Waals surface area contributed by atoms with Gasteiger partial charge in [-0.1, -0.05) is 164 Å². The van der Waals surface area contributed by atoms with Crippen molar-refractivity contribution < 1.29 is 34.0 Å². The van der Waals surface area contributed by atoms with Crippen LogP contribution in [-0.2, 0) is 33.7 Å². The fourth-order valence-corrected chi connectivity index (χ4v) is 10.1. The number of halogens is 5. The molecule has 6 aromatic rings. The quantitative estimate of drug-likeness (QED) is 0.105. The molecule has 0 saturated heterocycles. The van der Waals surface area contributed by atoms with Crippen LogP contribution in [0.2, 0.25) is 12.6 Å². The van der Waals surface area contributed by atoms with Crippen LogP contribution in [0.1, 0.15) is 146 Å². The van der Waals surface area contributed by atoms with Crippen LogP contribution in [0.3, 0.4) is 0 Å². The van der Waals surface area contributed by atoms with Gasteiger partial charge in [-0.05, 0) is 83.4 Å². The van der Waals surface area contributed by atoms with Gasteiger partial charge in [-0.25, -0.2) is 0 Å². The second-order valence-electron chi connectivity index (χ2n) is 20.3. The van der Waals surface area contributed by atoms with E-state index in [0.29, 0.717) is 20.3 Å². The maximum absolute atomic E-state index is 11.2. The van der Waals surface area contributed by atoms with Crippen LogP contribution in [0.4, 0.5) is 13.2 Å². The molecular formula is C56H69Cl2F3SiZr. The van der Waals surface area contributed by atoms with Crippen molar-refractivity contribution in [3.05, 3.63) is 131 Å². The topological polar surface area (TPSA) is 0 Å². The molecule has 2 saturated carbocycles. The van der Waals surface area contributed by atoms with Crippen LogP contribution in [0.5, 0.6) is 0 Å². The molecule has 7 heteroatoms. The van der Waals surface area contributed by atoms with Crippen molar-refractivity contribution in [1.29, 1.82) is 0 Å². The van der Waals surface area contributed by atoms with Crippen molar-refractivity contribution in [3.8, 4) is 22.3 Å². The molecular weight excluding hydrogens is 920 g/mol. The SMILES string of the molecule is CC(C)(C)Cc1cc2c(-c3ccc(C4CCCCC4)cc3)cccc2[cH-]1.CC(C)(C)Cc1cc2c(-c3ccc(C4CCCCC4)cc3)cccc2[cH-]1.C[Si]CCC(F)(F)F.[Cl][Zr+2][Cl]. The Morgan fingerprint density at radius 2 is 0.937 bits per heavy atom. The summed E-state index contributed by atoms with van der Waals surface area (Å²) in [5.41, 5.74) is 12.1. The van der Waals surface area contributed by atoms with Crippen molar-refractivity contribution in [2.75, 3.05) is 0 Å². The molecule has 6 aromatic carbocycles. The summed E-state index contributed by atoms with van der Waals surface area (Å²) in [7, 11) is 10.3. The van der Waals surface area contributed by atoms with Gasteiger partial charge in [0.15, 0.2) is 0 Å². The third-order valence-electron chi connectivity index (χ3n) is 12.3. The molecule has 8 rings (SSSR count). The van der Waals surface area contributed by atoms with Crippen LogP contribution < -0.4 is 0 Å². The first kappa shape index (κ1) is 51.6. The molecule has 0 atom stereocenters. The average Bonchev–Trinajstić information content (AvgIpc) is 3.85. The summed E-state index contributed by atoms with van der Waals surface area (Å²) in [6, 6.07) is 42.2. The zero-order valence-corrected chi connectivity index (χ0v) is 43.8. The van der Waals surface area contributed by atoms with Crippen LogP contribution in [0.25, 0.3) is 43.8 Å². The molecule has 2 aliphatic rings. The number of benzene rings is 4. The number of fused-ring (bicyclic) bond motifs is 2. The molecule has 63 heavy (non-hydrogen) atoms. The van der Waals surface area contributed by atoms with E-state index in [1.807, 2.05) is 0 Å². The van der Waals surface area contributed by atoms with Crippen molar-refractivity contribution in [1.82, 2.24) is 0 Å². The van der Waals surface area contributed by atoms with Gasteiger partial charge < -0.3 is 0 Å². The molecule has 0 aliphatic heterocycles.